The lowest BCUT2D eigenvalue weighted by molar-refractivity contribution is 0.944. The first-order valence-corrected chi connectivity index (χ1v) is 5.81. The number of aryl methyl sites for hydroxylation is 1. The number of nitrogens with one attached hydrogen (secondary N) is 1. The molecule has 0 aliphatic heterocycles. The van der Waals surface area contributed by atoms with Crippen LogP contribution in [0.5, 0.6) is 0 Å². The van der Waals surface area contributed by atoms with Gasteiger partial charge in [-0.05, 0) is 12.5 Å². The van der Waals surface area contributed by atoms with Crippen molar-refractivity contribution in [2.75, 3.05) is 0 Å². The molecule has 2 heterocycles. The van der Waals surface area contributed by atoms with Crippen LogP contribution in [-0.4, -0.2) is 19.6 Å². The Morgan fingerprint density at radius 3 is 3.00 bits per heavy atom. The summed E-state index contributed by atoms with van der Waals surface area (Å²) in [6, 6.07) is 8.11. The van der Waals surface area contributed by atoms with Crippen molar-refractivity contribution in [3.63, 3.8) is 0 Å². The van der Waals surface area contributed by atoms with Crippen LogP contribution in [0, 0.1) is 6.92 Å². The maximum Gasteiger partial charge on any atom is 0.294 e. The molecule has 0 amide bonds. The summed E-state index contributed by atoms with van der Waals surface area (Å²) >= 11 is 0. The lowest BCUT2D eigenvalue weighted by Gasteiger charge is -2.03. The van der Waals surface area contributed by atoms with E-state index in [4.69, 9.17) is 0 Å². The van der Waals surface area contributed by atoms with Crippen molar-refractivity contribution in [3.8, 4) is 11.3 Å². The number of rotatable bonds is 0. The second-order valence-corrected chi connectivity index (χ2v) is 4.52. The summed E-state index contributed by atoms with van der Waals surface area (Å²) in [5, 5.41) is 7.92. The zero-order valence-corrected chi connectivity index (χ0v) is 9.77. The van der Waals surface area contributed by atoms with Crippen LogP contribution in [0.2, 0.25) is 0 Å². The minimum atomic E-state index is -0.189. The fraction of sp³-hybridized carbons (Fsp3) is 0.154. The molecule has 88 valence electrons. The first-order chi connectivity index (χ1) is 8.75. The monoisotopic (exact) mass is 238 g/mol. The minimum absolute atomic E-state index is 0.189. The molecule has 4 rings (SSSR count). The SMILES string of the molecule is Cc1nnc2c(=O)[nH]c3c(n12)Cc1ccccc1-3. The third-order valence-corrected chi connectivity index (χ3v) is 3.47. The van der Waals surface area contributed by atoms with Gasteiger partial charge >= 0.3 is 0 Å². The van der Waals surface area contributed by atoms with Crippen LogP contribution in [0.1, 0.15) is 17.1 Å². The Bertz CT molecular complexity index is 844. The highest BCUT2D eigenvalue weighted by atomic mass is 16.1. The minimum Gasteiger partial charge on any atom is -0.317 e. The number of aromatic nitrogens is 4. The topological polar surface area (TPSA) is 63.0 Å². The molecule has 0 radical (unpaired) electrons. The molecule has 0 atom stereocenters. The zero-order chi connectivity index (χ0) is 12.3. The molecular formula is C13H10N4O. The predicted octanol–water partition coefficient (Wildman–Crippen LogP) is 1.30. The van der Waals surface area contributed by atoms with Crippen LogP contribution in [0.25, 0.3) is 16.9 Å². The summed E-state index contributed by atoms with van der Waals surface area (Å²) in [5.41, 5.74) is 4.47. The number of benzene rings is 1. The zero-order valence-electron chi connectivity index (χ0n) is 9.77. The van der Waals surface area contributed by atoms with E-state index in [1.165, 1.54) is 5.56 Å². The highest BCUT2D eigenvalue weighted by molar-refractivity contribution is 5.73. The average Bonchev–Trinajstić information content (AvgIpc) is 2.92. The van der Waals surface area contributed by atoms with Gasteiger partial charge in [-0.1, -0.05) is 24.3 Å². The highest BCUT2D eigenvalue weighted by Crippen LogP contribution is 2.34. The normalized spacial score (nSPS) is 12.7. The Hall–Kier alpha value is -2.43. The van der Waals surface area contributed by atoms with E-state index in [9.17, 15) is 4.79 Å². The van der Waals surface area contributed by atoms with E-state index in [-0.39, 0.29) is 5.56 Å². The van der Waals surface area contributed by atoms with Crippen molar-refractivity contribution in [2.24, 2.45) is 0 Å². The molecule has 2 aromatic heterocycles. The van der Waals surface area contributed by atoms with Gasteiger partial charge in [-0.2, -0.15) is 0 Å². The third kappa shape index (κ3) is 1.03. The molecule has 1 N–H and O–H groups in total. The summed E-state index contributed by atoms with van der Waals surface area (Å²) in [5.74, 6) is 0.750. The molecule has 1 aliphatic rings. The van der Waals surface area contributed by atoms with Crippen LogP contribution >= 0.6 is 0 Å². The second kappa shape index (κ2) is 3.07. The molecule has 1 aliphatic carbocycles. The van der Waals surface area contributed by atoms with E-state index in [0.29, 0.717) is 5.65 Å². The van der Waals surface area contributed by atoms with Gasteiger partial charge in [0.15, 0.2) is 0 Å². The average molecular weight is 238 g/mol. The quantitative estimate of drug-likeness (QED) is 0.502. The van der Waals surface area contributed by atoms with Gasteiger partial charge in [-0.15, -0.1) is 10.2 Å². The van der Waals surface area contributed by atoms with Crippen LogP contribution in [-0.2, 0) is 6.42 Å². The Balaban J connectivity index is 2.20. The van der Waals surface area contributed by atoms with Gasteiger partial charge in [0.05, 0.1) is 11.4 Å². The number of hydrogen-bond donors (Lipinski definition) is 1. The van der Waals surface area contributed by atoms with Crippen LogP contribution in [0.4, 0.5) is 0 Å². The lowest BCUT2D eigenvalue weighted by atomic mass is 10.1. The molecule has 0 fully saturated rings. The van der Waals surface area contributed by atoms with Gasteiger partial charge in [-0.25, -0.2) is 0 Å². The van der Waals surface area contributed by atoms with E-state index >= 15 is 0 Å². The molecule has 5 nitrogen and oxygen atoms in total. The van der Waals surface area contributed by atoms with Crippen molar-refractivity contribution >= 4 is 5.65 Å². The van der Waals surface area contributed by atoms with Gasteiger partial charge in [0.1, 0.15) is 5.82 Å². The van der Waals surface area contributed by atoms with Crippen molar-refractivity contribution < 1.29 is 0 Å². The molecule has 0 saturated carbocycles. The highest BCUT2D eigenvalue weighted by Gasteiger charge is 2.23. The number of fused-ring (bicyclic) bond motifs is 5. The van der Waals surface area contributed by atoms with Crippen molar-refractivity contribution in [3.05, 3.63) is 51.7 Å². The standard InChI is InChI=1S/C13H10N4O/c1-7-15-16-12-13(18)14-11-9-5-3-2-4-8(9)6-10(11)17(7)12/h2-5H,6H2,1H3,(H,14,18). The van der Waals surface area contributed by atoms with Gasteiger partial charge in [0, 0.05) is 12.0 Å². The van der Waals surface area contributed by atoms with Crippen molar-refractivity contribution in [2.45, 2.75) is 13.3 Å². The molecule has 18 heavy (non-hydrogen) atoms. The van der Waals surface area contributed by atoms with E-state index in [1.807, 2.05) is 29.5 Å². The fourth-order valence-electron chi connectivity index (χ4n) is 2.67. The molecule has 0 bridgehead atoms. The summed E-state index contributed by atoms with van der Waals surface area (Å²) in [7, 11) is 0. The van der Waals surface area contributed by atoms with Gasteiger partial charge in [0.2, 0.25) is 5.65 Å². The Labute approximate surface area is 102 Å². The van der Waals surface area contributed by atoms with E-state index in [0.717, 1.165) is 29.2 Å². The van der Waals surface area contributed by atoms with Gasteiger partial charge < -0.3 is 4.98 Å². The Morgan fingerprint density at radius 1 is 1.28 bits per heavy atom. The van der Waals surface area contributed by atoms with Gasteiger partial charge in [-0.3, -0.25) is 9.20 Å². The molecule has 0 spiro atoms. The Morgan fingerprint density at radius 2 is 2.11 bits per heavy atom. The fourth-order valence-corrected chi connectivity index (χ4v) is 2.67. The van der Waals surface area contributed by atoms with Crippen LogP contribution < -0.4 is 5.56 Å². The second-order valence-electron chi connectivity index (χ2n) is 4.52. The number of hydrogen-bond acceptors (Lipinski definition) is 3. The smallest absolute Gasteiger partial charge is 0.294 e. The molecule has 5 heteroatoms. The number of aromatic amines is 1. The molecule has 0 saturated heterocycles. The number of nitrogens with zero attached hydrogens (tertiary/aromatic N) is 3. The van der Waals surface area contributed by atoms with Crippen LogP contribution in [0.15, 0.2) is 29.1 Å². The third-order valence-electron chi connectivity index (χ3n) is 3.47. The van der Waals surface area contributed by atoms with Gasteiger partial charge in [0.25, 0.3) is 5.56 Å². The first-order valence-electron chi connectivity index (χ1n) is 5.81. The lowest BCUT2D eigenvalue weighted by Crippen LogP contribution is -2.14. The maximum absolute atomic E-state index is 12.0. The summed E-state index contributed by atoms with van der Waals surface area (Å²) < 4.78 is 1.86. The largest absolute Gasteiger partial charge is 0.317 e. The molecular weight excluding hydrogens is 228 g/mol. The van der Waals surface area contributed by atoms with E-state index < -0.39 is 0 Å². The molecule has 1 aromatic carbocycles. The summed E-state index contributed by atoms with van der Waals surface area (Å²) in [6.45, 7) is 1.86. The molecule has 0 unspecified atom stereocenters. The van der Waals surface area contributed by atoms with E-state index in [1.54, 1.807) is 0 Å². The van der Waals surface area contributed by atoms with Crippen LogP contribution in [0.3, 0.4) is 0 Å². The van der Waals surface area contributed by atoms with E-state index in [2.05, 4.69) is 21.2 Å². The first kappa shape index (κ1) is 9.58. The summed E-state index contributed by atoms with van der Waals surface area (Å²) in [4.78, 5) is 14.9. The molecule has 3 aromatic rings. The van der Waals surface area contributed by atoms with Crippen molar-refractivity contribution in [1.29, 1.82) is 0 Å². The number of H-pyrrole nitrogens is 1. The predicted molar refractivity (Wildman–Crippen MR) is 66.6 cm³/mol. The van der Waals surface area contributed by atoms with Crippen molar-refractivity contribution in [1.82, 2.24) is 19.6 Å². The summed E-state index contributed by atoms with van der Waals surface area (Å²) in [6.07, 6.45) is 0.803. The Kier molecular flexibility index (Phi) is 1.63. The maximum atomic E-state index is 12.0.